The number of hydrogen-bond acceptors (Lipinski definition) is 4. The average Bonchev–Trinajstić information content (AvgIpc) is 2.88. The topological polar surface area (TPSA) is 55.2 Å². The van der Waals surface area contributed by atoms with Crippen LogP contribution in [0, 0.1) is 15.9 Å². The molecule has 2 aromatic carbocycles. The van der Waals surface area contributed by atoms with Crippen molar-refractivity contribution >= 4 is 32.8 Å². The number of nitro benzene ring substituents is 1. The Hall–Kier alpha value is -2.47. The Balaban J connectivity index is 1.83. The van der Waals surface area contributed by atoms with Gasteiger partial charge in [-0.05, 0) is 28.5 Å². The van der Waals surface area contributed by atoms with Crippen LogP contribution in [-0.2, 0) is 6.54 Å². The molecule has 0 atom stereocenters. The first-order valence-corrected chi connectivity index (χ1v) is 7.15. The van der Waals surface area contributed by atoms with Crippen LogP contribution in [0.4, 0.5) is 15.8 Å². The standard InChI is InChI=1S/C15H11FN2O2S/c16-11-5-12(7-13(6-11)18(19)20)17-8-10-9-21-15-4-2-1-3-14(10)15/h1-7,9,17H,8H2. The third kappa shape index (κ3) is 2.85. The van der Waals surface area contributed by atoms with Gasteiger partial charge in [0.25, 0.3) is 5.69 Å². The maximum atomic E-state index is 13.4. The third-order valence-corrected chi connectivity index (χ3v) is 4.15. The van der Waals surface area contributed by atoms with Crippen LogP contribution in [0.15, 0.2) is 47.8 Å². The molecule has 0 spiro atoms. The number of thiophene rings is 1. The van der Waals surface area contributed by atoms with Crippen molar-refractivity contribution in [1.29, 1.82) is 0 Å². The van der Waals surface area contributed by atoms with E-state index < -0.39 is 10.7 Å². The molecule has 0 aliphatic carbocycles. The van der Waals surface area contributed by atoms with Gasteiger partial charge in [0, 0.05) is 23.0 Å². The first kappa shape index (κ1) is 13.5. The fourth-order valence-electron chi connectivity index (χ4n) is 2.15. The number of rotatable bonds is 4. The van der Waals surface area contributed by atoms with Crippen LogP contribution in [0.3, 0.4) is 0 Å². The van der Waals surface area contributed by atoms with E-state index >= 15 is 0 Å². The molecular weight excluding hydrogens is 291 g/mol. The largest absolute Gasteiger partial charge is 0.381 e. The molecular formula is C15H11FN2O2S. The Morgan fingerprint density at radius 1 is 1.24 bits per heavy atom. The second-order valence-corrected chi connectivity index (χ2v) is 5.48. The van der Waals surface area contributed by atoms with Gasteiger partial charge < -0.3 is 5.32 Å². The predicted molar refractivity (Wildman–Crippen MR) is 82.2 cm³/mol. The number of nitro groups is 1. The zero-order valence-corrected chi connectivity index (χ0v) is 11.7. The Bertz CT molecular complexity index is 816. The summed E-state index contributed by atoms with van der Waals surface area (Å²) in [6.07, 6.45) is 0. The second kappa shape index (κ2) is 5.49. The van der Waals surface area contributed by atoms with Gasteiger partial charge in [0.2, 0.25) is 0 Å². The van der Waals surface area contributed by atoms with E-state index in [1.165, 1.54) is 16.8 Å². The minimum absolute atomic E-state index is 0.257. The first-order chi connectivity index (χ1) is 10.1. The predicted octanol–water partition coefficient (Wildman–Crippen LogP) is 4.56. The van der Waals surface area contributed by atoms with Crippen molar-refractivity contribution in [3.05, 3.63) is 69.3 Å². The number of halogens is 1. The van der Waals surface area contributed by atoms with Gasteiger partial charge in [-0.25, -0.2) is 4.39 Å². The smallest absolute Gasteiger partial charge is 0.274 e. The number of fused-ring (bicyclic) bond motifs is 1. The lowest BCUT2D eigenvalue weighted by atomic mass is 10.2. The highest BCUT2D eigenvalue weighted by molar-refractivity contribution is 7.17. The Labute approximate surface area is 124 Å². The van der Waals surface area contributed by atoms with Crippen molar-refractivity contribution in [3.63, 3.8) is 0 Å². The maximum absolute atomic E-state index is 13.4. The Morgan fingerprint density at radius 2 is 2.05 bits per heavy atom. The van der Waals surface area contributed by atoms with E-state index in [1.807, 2.05) is 29.6 Å². The molecule has 3 rings (SSSR count). The highest BCUT2D eigenvalue weighted by Crippen LogP contribution is 2.27. The van der Waals surface area contributed by atoms with Crippen molar-refractivity contribution in [2.75, 3.05) is 5.32 Å². The van der Waals surface area contributed by atoms with Gasteiger partial charge in [-0.2, -0.15) is 0 Å². The number of hydrogen-bond donors (Lipinski definition) is 1. The molecule has 0 unspecified atom stereocenters. The molecule has 0 aliphatic heterocycles. The van der Waals surface area contributed by atoms with Crippen molar-refractivity contribution < 1.29 is 9.31 Å². The molecule has 21 heavy (non-hydrogen) atoms. The molecule has 106 valence electrons. The van der Waals surface area contributed by atoms with Crippen LogP contribution in [0.5, 0.6) is 0 Å². The average molecular weight is 302 g/mol. The minimum Gasteiger partial charge on any atom is -0.381 e. The minimum atomic E-state index is -0.623. The van der Waals surface area contributed by atoms with Gasteiger partial charge >= 0.3 is 0 Å². The summed E-state index contributed by atoms with van der Waals surface area (Å²) in [6, 6.07) is 11.5. The highest BCUT2D eigenvalue weighted by atomic mass is 32.1. The van der Waals surface area contributed by atoms with Crippen LogP contribution >= 0.6 is 11.3 Å². The lowest BCUT2D eigenvalue weighted by Crippen LogP contribution is -2.00. The Kier molecular flexibility index (Phi) is 3.53. The summed E-state index contributed by atoms with van der Waals surface area (Å²) in [4.78, 5) is 10.1. The number of non-ortho nitro benzene ring substituents is 1. The fourth-order valence-corrected chi connectivity index (χ4v) is 3.11. The lowest BCUT2D eigenvalue weighted by Gasteiger charge is -2.06. The summed E-state index contributed by atoms with van der Waals surface area (Å²) in [5.41, 5.74) is 1.23. The number of nitrogens with zero attached hydrogens (tertiary/aromatic N) is 1. The molecule has 0 saturated heterocycles. The third-order valence-electron chi connectivity index (χ3n) is 3.14. The SMILES string of the molecule is O=[N+]([O-])c1cc(F)cc(NCc2csc3ccccc23)c1. The molecule has 0 aliphatic rings. The van der Waals surface area contributed by atoms with E-state index in [1.54, 1.807) is 11.3 Å². The normalized spacial score (nSPS) is 10.7. The molecule has 0 amide bonds. The monoisotopic (exact) mass is 302 g/mol. The van der Waals surface area contributed by atoms with Crippen LogP contribution in [0.25, 0.3) is 10.1 Å². The molecule has 1 N–H and O–H groups in total. The van der Waals surface area contributed by atoms with Gasteiger partial charge in [0.1, 0.15) is 5.82 Å². The zero-order chi connectivity index (χ0) is 14.8. The molecule has 1 heterocycles. The molecule has 1 aromatic heterocycles. The lowest BCUT2D eigenvalue weighted by molar-refractivity contribution is -0.385. The van der Waals surface area contributed by atoms with E-state index in [-0.39, 0.29) is 5.69 Å². The van der Waals surface area contributed by atoms with Gasteiger partial charge in [0.05, 0.1) is 11.0 Å². The second-order valence-electron chi connectivity index (χ2n) is 4.57. The van der Waals surface area contributed by atoms with Crippen LogP contribution in [0.1, 0.15) is 5.56 Å². The van der Waals surface area contributed by atoms with Gasteiger partial charge in [-0.1, -0.05) is 18.2 Å². The molecule has 6 heteroatoms. The summed E-state index contributed by atoms with van der Waals surface area (Å²) in [7, 11) is 0. The van der Waals surface area contributed by atoms with E-state index in [4.69, 9.17) is 0 Å². The number of benzene rings is 2. The summed E-state index contributed by atoms with van der Waals surface area (Å²) in [5, 5.41) is 16.9. The van der Waals surface area contributed by atoms with Crippen LogP contribution in [0.2, 0.25) is 0 Å². The molecule has 4 nitrogen and oxygen atoms in total. The van der Waals surface area contributed by atoms with Crippen molar-refractivity contribution in [2.45, 2.75) is 6.54 Å². The molecule has 0 bridgehead atoms. The molecule has 0 saturated carbocycles. The quantitative estimate of drug-likeness (QED) is 0.567. The van der Waals surface area contributed by atoms with Gasteiger partial charge in [-0.15, -0.1) is 11.3 Å². The maximum Gasteiger partial charge on any atom is 0.274 e. The summed E-state index contributed by atoms with van der Waals surface area (Å²) in [5.74, 6) is -0.623. The number of nitrogens with one attached hydrogen (secondary N) is 1. The fraction of sp³-hybridized carbons (Fsp3) is 0.0667. The highest BCUT2D eigenvalue weighted by Gasteiger charge is 2.10. The van der Waals surface area contributed by atoms with E-state index in [0.717, 1.165) is 17.0 Å². The Morgan fingerprint density at radius 3 is 2.86 bits per heavy atom. The van der Waals surface area contributed by atoms with Crippen molar-refractivity contribution in [3.8, 4) is 0 Å². The zero-order valence-electron chi connectivity index (χ0n) is 10.9. The first-order valence-electron chi connectivity index (χ1n) is 6.27. The van der Waals surface area contributed by atoms with Crippen LogP contribution in [-0.4, -0.2) is 4.92 Å². The van der Waals surface area contributed by atoms with E-state index in [9.17, 15) is 14.5 Å². The molecule has 0 radical (unpaired) electrons. The number of anilines is 1. The van der Waals surface area contributed by atoms with Crippen molar-refractivity contribution in [2.24, 2.45) is 0 Å². The van der Waals surface area contributed by atoms with Gasteiger partial charge in [0.15, 0.2) is 0 Å². The van der Waals surface area contributed by atoms with Crippen LogP contribution < -0.4 is 5.32 Å². The van der Waals surface area contributed by atoms with Crippen molar-refractivity contribution in [1.82, 2.24) is 0 Å². The van der Waals surface area contributed by atoms with E-state index in [0.29, 0.717) is 12.2 Å². The molecule has 3 aromatic rings. The summed E-state index contributed by atoms with van der Waals surface area (Å²) < 4.78 is 14.5. The van der Waals surface area contributed by atoms with E-state index in [2.05, 4.69) is 5.32 Å². The van der Waals surface area contributed by atoms with Gasteiger partial charge in [-0.3, -0.25) is 10.1 Å². The summed E-state index contributed by atoms with van der Waals surface area (Å²) >= 11 is 1.64. The summed E-state index contributed by atoms with van der Waals surface area (Å²) in [6.45, 7) is 0.491. The molecule has 0 fully saturated rings.